The average Bonchev–Trinajstić information content (AvgIpc) is 2.42. The molecule has 0 aromatic heterocycles. The van der Waals surface area contributed by atoms with Crippen LogP contribution in [0.3, 0.4) is 0 Å². The summed E-state index contributed by atoms with van der Waals surface area (Å²) in [4.78, 5) is 1.31. The fraction of sp³-hybridized carbons (Fsp3) is 0.667. The third-order valence-corrected chi connectivity index (χ3v) is 5.88. The molecule has 0 saturated carbocycles. The molecule has 1 aromatic rings. The van der Waals surface area contributed by atoms with Gasteiger partial charge in [-0.25, -0.2) is 0 Å². The van der Waals surface area contributed by atoms with Crippen molar-refractivity contribution < 1.29 is 4.43 Å². The van der Waals surface area contributed by atoms with Gasteiger partial charge in [0.25, 0.3) is 0 Å². The number of benzene rings is 1. The van der Waals surface area contributed by atoms with Crippen molar-refractivity contribution in [3.8, 4) is 0 Å². The Morgan fingerprint density at radius 3 is 1.90 bits per heavy atom. The second-order valence-electron chi connectivity index (χ2n) is 6.75. The van der Waals surface area contributed by atoms with Gasteiger partial charge < -0.3 is 4.43 Å². The average molecular weight is 325 g/mol. The summed E-state index contributed by atoms with van der Waals surface area (Å²) in [6.07, 6.45) is 7.28. The lowest BCUT2D eigenvalue weighted by atomic mass is 10.1. The van der Waals surface area contributed by atoms with Crippen LogP contribution in [-0.2, 0) is 4.43 Å². The van der Waals surface area contributed by atoms with Crippen LogP contribution in [0.25, 0.3) is 0 Å². The molecule has 1 rings (SSSR count). The Balaban J connectivity index is 2.96. The minimum Gasteiger partial charge on any atom is -0.403 e. The minimum absolute atomic E-state index is 0.0299. The molecule has 0 heterocycles. The van der Waals surface area contributed by atoms with Gasteiger partial charge in [0.1, 0.15) is 4.93 Å². The predicted octanol–water partition coefficient (Wildman–Crippen LogP) is 6.71. The van der Waals surface area contributed by atoms with E-state index >= 15 is 0 Å². The van der Waals surface area contributed by atoms with E-state index in [1.54, 1.807) is 0 Å². The summed E-state index contributed by atoms with van der Waals surface area (Å²) in [5, 5.41) is 0. The van der Waals surface area contributed by atoms with E-state index in [4.69, 9.17) is 4.43 Å². The van der Waals surface area contributed by atoms with Gasteiger partial charge in [-0.2, -0.15) is 0 Å². The number of hydrogen-bond acceptors (Lipinski definition) is 2. The molecule has 0 saturated heterocycles. The van der Waals surface area contributed by atoms with Crippen LogP contribution < -0.4 is 0 Å². The van der Waals surface area contributed by atoms with Gasteiger partial charge in [-0.3, -0.25) is 0 Å². The monoisotopic (exact) mass is 324 g/mol. The van der Waals surface area contributed by atoms with E-state index < -0.39 is 8.32 Å². The lowest BCUT2D eigenvalue weighted by molar-refractivity contribution is 0.131. The first-order valence-electron chi connectivity index (χ1n) is 8.35. The van der Waals surface area contributed by atoms with Gasteiger partial charge in [0, 0.05) is 4.90 Å². The van der Waals surface area contributed by atoms with Crippen LogP contribution in [0.4, 0.5) is 0 Å². The van der Waals surface area contributed by atoms with E-state index in [1.807, 2.05) is 11.8 Å². The van der Waals surface area contributed by atoms with Crippen molar-refractivity contribution in [2.24, 2.45) is 0 Å². The van der Waals surface area contributed by atoms with Gasteiger partial charge in [0.15, 0.2) is 8.32 Å². The van der Waals surface area contributed by atoms with Gasteiger partial charge >= 0.3 is 0 Å². The van der Waals surface area contributed by atoms with Crippen LogP contribution >= 0.6 is 11.8 Å². The Hall–Kier alpha value is -0.253. The van der Waals surface area contributed by atoms with Crippen molar-refractivity contribution in [2.45, 2.75) is 81.8 Å². The summed E-state index contributed by atoms with van der Waals surface area (Å²) in [5.41, 5.74) is 0. The second-order valence-corrected chi connectivity index (χ2v) is 12.6. The molecule has 0 aliphatic heterocycles. The first-order valence-corrected chi connectivity index (χ1v) is 12.6. The molecule has 0 amide bonds. The summed E-state index contributed by atoms with van der Waals surface area (Å²) < 4.78 is 6.74. The van der Waals surface area contributed by atoms with Gasteiger partial charge in [-0.15, -0.1) is 0 Å². The molecule has 0 bridgehead atoms. The Kier molecular flexibility index (Phi) is 8.07. The maximum atomic E-state index is 6.74. The Labute approximate surface area is 137 Å². The van der Waals surface area contributed by atoms with Crippen molar-refractivity contribution in [2.75, 3.05) is 0 Å². The van der Waals surface area contributed by atoms with E-state index in [-0.39, 0.29) is 4.93 Å². The zero-order valence-electron chi connectivity index (χ0n) is 14.4. The van der Waals surface area contributed by atoms with E-state index in [1.165, 1.54) is 30.6 Å². The molecule has 1 aromatic carbocycles. The largest absolute Gasteiger partial charge is 0.403 e. The smallest absolute Gasteiger partial charge is 0.185 e. The molecule has 120 valence electrons. The molecule has 0 radical (unpaired) electrons. The van der Waals surface area contributed by atoms with Crippen molar-refractivity contribution >= 4 is 20.1 Å². The molecular weight excluding hydrogens is 292 g/mol. The maximum Gasteiger partial charge on any atom is 0.185 e. The molecular formula is C18H32OSSi. The summed E-state index contributed by atoms with van der Waals surface area (Å²) in [6, 6.07) is 10.8. The zero-order valence-corrected chi connectivity index (χ0v) is 16.3. The summed E-state index contributed by atoms with van der Waals surface area (Å²) in [5.74, 6) is 0. The first-order chi connectivity index (χ1) is 9.91. The van der Waals surface area contributed by atoms with Crippen molar-refractivity contribution in [3.63, 3.8) is 0 Å². The zero-order chi connectivity index (χ0) is 15.8. The SMILES string of the molecule is CCCCC(CCCC)(O[Si](C)(C)C)Sc1ccccc1. The third kappa shape index (κ3) is 7.53. The topological polar surface area (TPSA) is 9.23 Å². The molecule has 1 nitrogen and oxygen atoms in total. The van der Waals surface area contributed by atoms with Crippen LogP contribution in [0.1, 0.15) is 52.4 Å². The van der Waals surface area contributed by atoms with Crippen LogP contribution in [0.2, 0.25) is 19.6 Å². The molecule has 0 aliphatic carbocycles. The summed E-state index contributed by atoms with van der Waals surface area (Å²) in [7, 11) is -1.57. The Bertz CT molecular complexity index is 378. The van der Waals surface area contributed by atoms with E-state index in [0.717, 1.165) is 12.8 Å². The number of rotatable bonds is 10. The molecule has 0 aliphatic rings. The van der Waals surface area contributed by atoms with Crippen LogP contribution in [0.5, 0.6) is 0 Å². The maximum absolute atomic E-state index is 6.74. The quantitative estimate of drug-likeness (QED) is 0.269. The van der Waals surface area contributed by atoms with Crippen molar-refractivity contribution in [1.82, 2.24) is 0 Å². The van der Waals surface area contributed by atoms with Crippen molar-refractivity contribution in [1.29, 1.82) is 0 Å². The molecule has 0 N–H and O–H groups in total. The highest BCUT2D eigenvalue weighted by Gasteiger charge is 2.36. The highest BCUT2D eigenvalue weighted by atomic mass is 32.2. The molecule has 21 heavy (non-hydrogen) atoms. The molecule has 0 fully saturated rings. The fourth-order valence-corrected chi connectivity index (χ4v) is 5.96. The predicted molar refractivity (Wildman–Crippen MR) is 98.5 cm³/mol. The first kappa shape index (κ1) is 18.8. The molecule has 3 heteroatoms. The summed E-state index contributed by atoms with van der Waals surface area (Å²) in [6.45, 7) is 11.5. The van der Waals surface area contributed by atoms with Gasteiger partial charge in [0.2, 0.25) is 0 Å². The lowest BCUT2D eigenvalue weighted by Gasteiger charge is -2.39. The number of unbranched alkanes of at least 4 members (excludes halogenated alkanes) is 2. The molecule has 0 atom stereocenters. The molecule has 0 spiro atoms. The minimum atomic E-state index is -1.57. The fourth-order valence-electron chi connectivity index (χ4n) is 2.50. The third-order valence-electron chi connectivity index (χ3n) is 3.36. The van der Waals surface area contributed by atoms with E-state index in [9.17, 15) is 0 Å². The second kappa shape index (κ2) is 9.01. The van der Waals surface area contributed by atoms with E-state index in [0.29, 0.717) is 0 Å². The van der Waals surface area contributed by atoms with E-state index in [2.05, 4.69) is 63.8 Å². The normalized spacial score (nSPS) is 12.6. The van der Waals surface area contributed by atoms with Gasteiger partial charge in [0.05, 0.1) is 0 Å². The number of hydrogen-bond donors (Lipinski definition) is 0. The Morgan fingerprint density at radius 2 is 1.48 bits per heavy atom. The number of thioether (sulfide) groups is 1. The Morgan fingerprint density at radius 1 is 0.952 bits per heavy atom. The lowest BCUT2D eigenvalue weighted by Crippen LogP contribution is -2.40. The standard InChI is InChI=1S/C18H32OSSi/c1-6-8-15-18(16-9-7-2,19-21(3,4)5)20-17-13-11-10-12-14-17/h10-14H,6-9,15-16H2,1-5H3. The molecule has 0 unspecified atom stereocenters. The van der Waals surface area contributed by atoms with Gasteiger partial charge in [-0.1, -0.05) is 69.5 Å². The highest BCUT2D eigenvalue weighted by Crippen LogP contribution is 2.43. The highest BCUT2D eigenvalue weighted by molar-refractivity contribution is 8.00. The van der Waals surface area contributed by atoms with Crippen LogP contribution in [-0.4, -0.2) is 13.3 Å². The van der Waals surface area contributed by atoms with Crippen molar-refractivity contribution in [3.05, 3.63) is 30.3 Å². The van der Waals surface area contributed by atoms with Crippen LogP contribution in [0.15, 0.2) is 35.2 Å². The van der Waals surface area contributed by atoms with Gasteiger partial charge in [-0.05, 0) is 44.6 Å². The summed E-state index contributed by atoms with van der Waals surface area (Å²) >= 11 is 1.96. The van der Waals surface area contributed by atoms with Crippen LogP contribution in [0, 0.1) is 0 Å².